The van der Waals surface area contributed by atoms with E-state index in [1.165, 1.54) is 0 Å². The largest absolute Gasteiger partial charge is 0.388 e. The Balaban J connectivity index is 1.53. The van der Waals surface area contributed by atoms with Crippen molar-refractivity contribution in [2.75, 3.05) is 6.61 Å². The summed E-state index contributed by atoms with van der Waals surface area (Å²) in [5.74, 6) is 0. The lowest BCUT2D eigenvalue weighted by Gasteiger charge is -2.34. The minimum Gasteiger partial charge on any atom is -0.388 e. The molecule has 0 radical (unpaired) electrons. The topological polar surface area (TPSA) is 74.2 Å². The summed E-state index contributed by atoms with van der Waals surface area (Å²) in [6.45, 7) is 0.968. The highest BCUT2D eigenvalue weighted by molar-refractivity contribution is 5.57. The third-order valence-corrected chi connectivity index (χ3v) is 6.42. The molecule has 208 valence electrons. The number of benzene rings is 4. The summed E-state index contributed by atoms with van der Waals surface area (Å²) in [5, 5.41) is 11.4. The van der Waals surface area contributed by atoms with Crippen LogP contribution in [0, 0.1) is 0 Å². The lowest BCUT2D eigenvalue weighted by molar-refractivity contribution is -0.185. The van der Waals surface area contributed by atoms with E-state index in [9.17, 15) is 9.90 Å². The number of ether oxygens (including phenoxy) is 4. The molecule has 1 N–H and O–H groups in total. The molecule has 0 amide bonds. The van der Waals surface area contributed by atoms with Gasteiger partial charge in [0.1, 0.15) is 24.4 Å². The Hall–Kier alpha value is -3.65. The van der Waals surface area contributed by atoms with Crippen LogP contribution in [-0.2, 0) is 50.2 Å². The smallest absolute Gasteiger partial charge is 0.151 e. The van der Waals surface area contributed by atoms with Gasteiger partial charge in [-0.1, -0.05) is 121 Å². The van der Waals surface area contributed by atoms with Crippen LogP contribution in [0.4, 0.5) is 0 Å². The number of aldehydes is 1. The van der Waals surface area contributed by atoms with Crippen molar-refractivity contribution < 1.29 is 28.8 Å². The Labute approximate surface area is 236 Å². The molecule has 0 saturated carbocycles. The summed E-state index contributed by atoms with van der Waals surface area (Å²) in [6, 6.07) is 38.7. The fourth-order valence-corrected chi connectivity index (χ4v) is 4.28. The molecule has 6 nitrogen and oxygen atoms in total. The lowest BCUT2D eigenvalue weighted by atomic mass is 10.0. The van der Waals surface area contributed by atoms with Gasteiger partial charge in [-0.05, 0) is 22.3 Å². The zero-order chi connectivity index (χ0) is 27.8. The van der Waals surface area contributed by atoms with Crippen molar-refractivity contribution in [3.05, 3.63) is 144 Å². The van der Waals surface area contributed by atoms with E-state index in [1.54, 1.807) is 0 Å². The van der Waals surface area contributed by atoms with Gasteiger partial charge in [0, 0.05) is 0 Å². The fourth-order valence-electron chi connectivity index (χ4n) is 4.28. The monoisotopic (exact) mass is 540 g/mol. The molecule has 4 atom stereocenters. The second-order valence-electron chi connectivity index (χ2n) is 9.49. The molecule has 0 aliphatic rings. The molecule has 0 unspecified atom stereocenters. The van der Waals surface area contributed by atoms with E-state index >= 15 is 0 Å². The average Bonchev–Trinajstić information content (AvgIpc) is 3.01. The van der Waals surface area contributed by atoms with Crippen LogP contribution in [-0.4, -0.2) is 42.4 Å². The van der Waals surface area contributed by atoms with Crippen LogP contribution in [0.2, 0.25) is 0 Å². The van der Waals surface area contributed by atoms with Crippen molar-refractivity contribution in [1.29, 1.82) is 0 Å². The number of aliphatic hydroxyl groups excluding tert-OH is 1. The van der Waals surface area contributed by atoms with Crippen molar-refractivity contribution in [1.82, 2.24) is 0 Å². The molecule has 0 spiro atoms. The maximum absolute atomic E-state index is 12.4. The van der Waals surface area contributed by atoms with Crippen LogP contribution in [0.3, 0.4) is 0 Å². The molecule has 0 bridgehead atoms. The Morgan fingerprint density at radius 1 is 0.525 bits per heavy atom. The van der Waals surface area contributed by atoms with Crippen LogP contribution in [0.1, 0.15) is 22.3 Å². The first-order valence-corrected chi connectivity index (χ1v) is 13.4. The summed E-state index contributed by atoms with van der Waals surface area (Å²) in [5.41, 5.74) is 3.77. The normalized spacial score (nSPS) is 14.2. The first-order chi connectivity index (χ1) is 19.7. The van der Waals surface area contributed by atoms with Gasteiger partial charge in [-0.15, -0.1) is 0 Å². The van der Waals surface area contributed by atoms with Crippen molar-refractivity contribution in [2.45, 2.75) is 50.8 Å². The number of hydrogen-bond donors (Lipinski definition) is 1. The molecule has 4 rings (SSSR count). The van der Waals surface area contributed by atoms with Gasteiger partial charge in [0.05, 0.1) is 33.0 Å². The lowest BCUT2D eigenvalue weighted by Crippen LogP contribution is -2.50. The van der Waals surface area contributed by atoms with Crippen LogP contribution in [0.15, 0.2) is 121 Å². The van der Waals surface area contributed by atoms with E-state index in [4.69, 9.17) is 18.9 Å². The quantitative estimate of drug-likeness (QED) is 0.178. The molecule has 0 heterocycles. The molecule has 4 aromatic carbocycles. The van der Waals surface area contributed by atoms with E-state index in [2.05, 4.69) is 0 Å². The Kier molecular flexibility index (Phi) is 12.1. The molecule has 0 saturated heterocycles. The summed E-state index contributed by atoms with van der Waals surface area (Å²) in [7, 11) is 0. The average molecular weight is 541 g/mol. The molecule has 0 aliphatic carbocycles. The third-order valence-electron chi connectivity index (χ3n) is 6.42. The third kappa shape index (κ3) is 9.52. The van der Waals surface area contributed by atoms with Gasteiger partial charge >= 0.3 is 0 Å². The van der Waals surface area contributed by atoms with E-state index in [-0.39, 0.29) is 26.4 Å². The highest BCUT2D eigenvalue weighted by atomic mass is 16.6. The van der Waals surface area contributed by atoms with Crippen molar-refractivity contribution in [2.24, 2.45) is 0 Å². The Morgan fingerprint density at radius 3 is 1.32 bits per heavy atom. The maximum Gasteiger partial charge on any atom is 0.151 e. The maximum atomic E-state index is 12.4. The Morgan fingerprint density at radius 2 is 0.900 bits per heavy atom. The zero-order valence-electron chi connectivity index (χ0n) is 22.5. The van der Waals surface area contributed by atoms with E-state index in [1.807, 2.05) is 121 Å². The van der Waals surface area contributed by atoms with Gasteiger partial charge in [-0.2, -0.15) is 0 Å². The molecular formula is C34H36O6. The molecule has 40 heavy (non-hydrogen) atoms. The van der Waals surface area contributed by atoms with E-state index in [0.29, 0.717) is 6.61 Å². The number of hydrogen-bond acceptors (Lipinski definition) is 6. The van der Waals surface area contributed by atoms with Gasteiger partial charge in [0.2, 0.25) is 0 Å². The predicted octanol–water partition coefficient (Wildman–Crippen LogP) is 5.52. The SMILES string of the molecule is O=C[C@@H](OCc1ccccc1)[C@@H](OCc1ccccc1)[C@H](OCc1ccccc1)[C@@H](O)COCc1ccccc1. The summed E-state index contributed by atoms with van der Waals surface area (Å²) >= 11 is 0. The van der Waals surface area contributed by atoms with Crippen LogP contribution in [0.5, 0.6) is 0 Å². The van der Waals surface area contributed by atoms with E-state index in [0.717, 1.165) is 28.5 Å². The number of carbonyl (C=O) groups excluding carboxylic acids is 1. The molecule has 4 aromatic rings. The summed E-state index contributed by atoms with van der Waals surface area (Å²) in [6.07, 6.45) is -3.18. The summed E-state index contributed by atoms with van der Waals surface area (Å²) in [4.78, 5) is 12.4. The van der Waals surface area contributed by atoms with Crippen molar-refractivity contribution >= 4 is 6.29 Å². The van der Waals surface area contributed by atoms with Gasteiger partial charge in [-0.3, -0.25) is 0 Å². The number of carbonyl (C=O) groups is 1. The predicted molar refractivity (Wildman–Crippen MR) is 153 cm³/mol. The first-order valence-electron chi connectivity index (χ1n) is 13.4. The second kappa shape index (κ2) is 16.5. The van der Waals surface area contributed by atoms with Crippen molar-refractivity contribution in [3.8, 4) is 0 Å². The molecule has 0 fully saturated rings. The first kappa shape index (κ1) is 29.3. The standard InChI is InChI=1S/C34H36O6/c35-21-32(38-23-28-15-7-2-8-16-28)34(40-25-30-19-11-4-12-20-30)33(39-24-29-17-9-3-10-18-29)31(36)26-37-22-27-13-5-1-6-14-27/h1-21,31-34,36H,22-26H2/t31-,32+,33+,34+/m0/s1. The zero-order valence-corrected chi connectivity index (χ0v) is 22.5. The fraction of sp³-hybridized carbons (Fsp3) is 0.265. The highest BCUT2D eigenvalue weighted by Crippen LogP contribution is 2.21. The number of rotatable bonds is 17. The van der Waals surface area contributed by atoms with Crippen LogP contribution in [0.25, 0.3) is 0 Å². The van der Waals surface area contributed by atoms with Gasteiger partial charge in [0.15, 0.2) is 6.29 Å². The molecule has 6 heteroatoms. The molecule has 0 aromatic heterocycles. The highest BCUT2D eigenvalue weighted by Gasteiger charge is 2.37. The van der Waals surface area contributed by atoms with Crippen LogP contribution < -0.4 is 0 Å². The second-order valence-corrected chi connectivity index (χ2v) is 9.49. The summed E-state index contributed by atoms with van der Waals surface area (Å²) < 4.78 is 24.5. The van der Waals surface area contributed by atoms with Gasteiger partial charge < -0.3 is 28.8 Å². The molecular weight excluding hydrogens is 504 g/mol. The Bertz CT molecular complexity index is 1220. The van der Waals surface area contributed by atoms with Gasteiger partial charge in [0.25, 0.3) is 0 Å². The number of aliphatic hydroxyl groups is 1. The minimum absolute atomic E-state index is 0.0101. The minimum atomic E-state index is -1.09. The van der Waals surface area contributed by atoms with Gasteiger partial charge in [-0.25, -0.2) is 0 Å². The van der Waals surface area contributed by atoms with Crippen LogP contribution >= 0.6 is 0 Å². The molecule has 0 aliphatic heterocycles. The van der Waals surface area contributed by atoms with Crippen molar-refractivity contribution in [3.63, 3.8) is 0 Å². The van der Waals surface area contributed by atoms with E-state index < -0.39 is 24.4 Å².